The van der Waals surface area contributed by atoms with Gasteiger partial charge in [-0.3, -0.25) is 0 Å². The number of benzene rings is 2. The lowest BCUT2D eigenvalue weighted by Crippen LogP contribution is -2.04. The van der Waals surface area contributed by atoms with Crippen LogP contribution in [0.2, 0.25) is 0 Å². The molecule has 0 saturated heterocycles. The molecule has 19 heavy (non-hydrogen) atoms. The van der Waals surface area contributed by atoms with E-state index in [0.29, 0.717) is 12.5 Å². The van der Waals surface area contributed by atoms with E-state index in [4.69, 9.17) is 5.73 Å². The third-order valence-corrected chi connectivity index (χ3v) is 3.96. The van der Waals surface area contributed by atoms with E-state index in [0.717, 1.165) is 20.0 Å². The van der Waals surface area contributed by atoms with Crippen molar-refractivity contribution in [2.24, 2.45) is 0 Å². The summed E-state index contributed by atoms with van der Waals surface area (Å²) in [4.78, 5) is 4.38. The first-order valence-electron chi connectivity index (χ1n) is 5.79. The van der Waals surface area contributed by atoms with E-state index < -0.39 is 0 Å². The fourth-order valence-corrected chi connectivity index (χ4v) is 2.89. The second-order valence-corrected chi connectivity index (χ2v) is 6.15. The van der Waals surface area contributed by atoms with Crippen LogP contribution in [0.4, 0.5) is 5.95 Å². The Hall–Kier alpha value is -1.33. The van der Waals surface area contributed by atoms with Gasteiger partial charge in [-0.15, -0.1) is 0 Å². The lowest BCUT2D eigenvalue weighted by atomic mass is 10.2. The molecule has 0 amide bonds. The van der Waals surface area contributed by atoms with Crippen molar-refractivity contribution in [1.29, 1.82) is 0 Å². The fourth-order valence-electron chi connectivity index (χ4n) is 2.10. The van der Waals surface area contributed by atoms with Gasteiger partial charge in [-0.05, 0) is 35.9 Å². The minimum atomic E-state index is 0.535. The van der Waals surface area contributed by atoms with E-state index in [2.05, 4.69) is 49.0 Å². The predicted octanol–water partition coefficient (Wildman–Crippen LogP) is 4.19. The molecule has 0 bridgehead atoms. The molecule has 3 nitrogen and oxygen atoms in total. The number of rotatable bonds is 2. The molecule has 0 atom stereocenters. The number of hydrogen-bond acceptors (Lipinski definition) is 2. The summed E-state index contributed by atoms with van der Waals surface area (Å²) in [5.41, 5.74) is 9.14. The van der Waals surface area contributed by atoms with Crippen LogP contribution in [0.25, 0.3) is 11.0 Å². The Morgan fingerprint density at radius 1 is 1.05 bits per heavy atom. The van der Waals surface area contributed by atoms with Gasteiger partial charge in [0.2, 0.25) is 5.95 Å². The van der Waals surface area contributed by atoms with E-state index >= 15 is 0 Å². The molecule has 2 aromatic carbocycles. The number of anilines is 1. The zero-order valence-corrected chi connectivity index (χ0v) is 13.1. The quantitative estimate of drug-likeness (QED) is 0.724. The van der Waals surface area contributed by atoms with Crippen molar-refractivity contribution in [3.63, 3.8) is 0 Å². The molecule has 0 fully saturated rings. The average Bonchev–Trinajstić information content (AvgIpc) is 2.66. The van der Waals surface area contributed by atoms with E-state index in [1.54, 1.807) is 0 Å². The van der Waals surface area contributed by atoms with Crippen molar-refractivity contribution < 1.29 is 0 Å². The third kappa shape index (κ3) is 2.53. The van der Waals surface area contributed by atoms with Crippen LogP contribution in [-0.4, -0.2) is 9.55 Å². The number of nitrogen functional groups attached to an aromatic ring is 1. The highest BCUT2D eigenvalue weighted by Gasteiger charge is 2.09. The summed E-state index contributed by atoms with van der Waals surface area (Å²) in [7, 11) is 0. The van der Waals surface area contributed by atoms with Gasteiger partial charge in [-0.25, -0.2) is 4.98 Å². The summed E-state index contributed by atoms with van der Waals surface area (Å²) in [6, 6.07) is 14.2. The SMILES string of the molecule is Nc1nc2ccc(Br)cc2n1Cc1cccc(Br)c1. The normalized spacial score (nSPS) is 11.1. The second kappa shape index (κ2) is 4.98. The average molecular weight is 381 g/mol. The second-order valence-electron chi connectivity index (χ2n) is 4.32. The molecule has 2 N–H and O–H groups in total. The summed E-state index contributed by atoms with van der Waals surface area (Å²) in [6.45, 7) is 0.707. The molecule has 0 aliphatic rings. The lowest BCUT2D eigenvalue weighted by Gasteiger charge is -2.07. The summed E-state index contributed by atoms with van der Waals surface area (Å²) < 4.78 is 4.10. The zero-order chi connectivity index (χ0) is 13.4. The predicted molar refractivity (Wildman–Crippen MR) is 85.1 cm³/mol. The van der Waals surface area contributed by atoms with Crippen LogP contribution in [-0.2, 0) is 6.54 Å². The van der Waals surface area contributed by atoms with Crippen LogP contribution in [0.1, 0.15) is 5.56 Å². The number of halogens is 2. The van der Waals surface area contributed by atoms with Gasteiger partial charge in [0.1, 0.15) is 0 Å². The van der Waals surface area contributed by atoms with Gasteiger partial charge >= 0.3 is 0 Å². The molecule has 0 unspecified atom stereocenters. The maximum atomic E-state index is 6.01. The Kier molecular flexibility index (Phi) is 3.33. The van der Waals surface area contributed by atoms with Gasteiger partial charge < -0.3 is 10.3 Å². The Morgan fingerprint density at radius 2 is 1.84 bits per heavy atom. The third-order valence-electron chi connectivity index (χ3n) is 2.97. The Labute approximate surface area is 127 Å². The number of imidazole rings is 1. The maximum Gasteiger partial charge on any atom is 0.201 e. The molecule has 3 aromatic rings. The molecule has 1 heterocycles. The Bertz CT molecular complexity index is 750. The smallest absolute Gasteiger partial charge is 0.201 e. The molecule has 5 heteroatoms. The molecule has 0 radical (unpaired) electrons. The Morgan fingerprint density at radius 3 is 2.63 bits per heavy atom. The molecule has 0 aliphatic carbocycles. The number of nitrogens with two attached hydrogens (primary N) is 1. The van der Waals surface area contributed by atoms with Crippen molar-refractivity contribution in [1.82, 2.24) is 9.55 Å². The summed E-state index contributed by atoms with van der Waals surface area (Å²) in [6.07, 6.45) is 0. The van der Waals surface area contributed by atoms with E-state index in [9.17, 15) is 0 Å². The van der Waals surface area contributed by atoms with Crippen molar-refractivity contribution in [3.8, 4) is 0 Å². The molecule has 0 aliphatic heterocycles. The van der Waals surface area contributed by atoms with Gasteiger partial charge in [-0.2, -0.15) is 0 Å². The monoisotopic (exact) mass is 379 g/mol. The number of aromatic nitrogens is 2. The van der Waals surface area contributed by atoms with Crippen LogP contribution >= 0.6 is 31.9 Å². The standard InChI is InChI=1S/C14H11Br2N3/c15-10-3-1-2-9(6-10)8-19-13-7-11(16)4-5-12(13)18-14(19)17/h1-7H,8H2,(H2,17,18). The Balaban J connectivity index is 2.09. The van der Waals surface area contributed by atoms with E-state index in [-0.39, 0.29) is 0 Å². The first kappa shape index (κ1) is 12.7. The largest absolute Gasteiger partial charge is 0.369 e. The fraction of sp³-hybridized carbons (Fsp3) is 0.0714. The first-order valence-corrected chi connectivity index (χ1v) is 7.38. The molecular weight excluding hydrogens is 370 g/mol. The van der Waals surface area contributed by atoms with Gasteiger partial charge in [0.15, 0.2) is 0 Å². The zero-order valence-electron chi connectivity index (χ0n) is 9.98. The minimum absolute atomic E-state index is 0.535. The highest BCUT2D eigenvalue weighted by atomic mass is 79.9. The van der Waals surface area contributed by atoms with E-state index in [1.165, 1.54) is 5.56 Å². The summed E-state index contributed by atoms with van der Waals surface area (Å²) in [5.74, 6) is 0.535. The molecule has 96 valence electrons. The molecule has 3 rings (SSSR count). The highest BCUT2D eigenvalue weighted by Crippen LogP contribution is 2.23. The topological polar surface area (TPSA) is 43.8 Å². The number of fused-ring (bicyclic) bond motifs is 1. The van der Waals surface area contributed by atoms with Crippen LogP contribution in [0.3, 0.4) is 0 Å². The van der Waals surface area contributed by atoms with Gasteiger partial charge in [0, 0.05) is 8.95 Å². The minimum Gasteiger partial charge on any atom is -0.369 e. The molecule has 0 saturated carbocycles. The summed E-state index contributed by atoms with van der Waals surface area (Å²) in [5, 5.41) is 0. The van der Waals surface area contributed by atoms with Gasteiger partial charge in [0.05, 0.1) is 17.6 Å². The van der Waals surface area contributed by atoms with E-state index in [1.807, 2.05) is 34.9 Å². The molecule has 0 spiro atoms. The first-order chi connectivity index (χ1) is 9.13. The lowest BCUT2D eigenvalue weighted by molar-refractivity contribution is 0.838. The van der Waals surface area contributed by atoms with Gasteiger partial charge in [-0.1, -0.05) is 44.0 Å². The van der Waals surface area contributed by atoms with Crippen molar-refractivity contribution in [3.05, 3.63) is 57.0 Å². The van der Waals surface area contributed by atoms with Crippen molar-refractivity contribution >= 4 is 48.8 Å². The maximum absolute atomic E-state index is 6.01. The summed E-state index contributed by atoms with van der Waals surface area (Å²) >= 11 is 6.97. The van der Waals surface area contributed by atoms with Crippen molar-refractivity contribution in [2.45, 2.75) is 6.54 Å². The highest BCUT2D eigenvalue weighted by molar-refractivity contribution is 9.10. The number of hydrogen-bond donors (Lipinski definition) is 1. The van der Waals surface area contributed by atoms with Crippen LogP contribution < -0.4 is 5.73 Å². The number of nitrogens with zero attached hydrogens (tertiary/aromatic N) is 2. The van der Waals surface area contributed by atoms with Crippen LogP contribution in [0.15, 0.2) is 51.4 Å². The molecule has 1 aromatic heterocycles. The molecular formula is C14H11Br2N3. The van der Waals surface area contributed by atoms with Crippen LogP contribution in [0, 0.1) is 0 Å². The van der Waals surface area contributed by atoms with Crippen LogP contribution in [0.5, 0.6) is 0 Å². The van der Waals surface area contributed by atoms with Gasteiger partial charge in [0.25, 0.3) is 0 Å². The van der Waals surface area contributed by atoms with Crippen molar-refractivity contribution in [2.75, 3.05) is 5.73 Å².